The quantitative estimate of drug-likeness (QED) is 0.291. The molecule has 0 radical (unpaired) electrons. The molecule has 0 aliphatic carbocycles. The number of carbonyl (C=O) groups excluding carboxylic acids is 1. The van der Waals surface area contributed by atoms with Crippen molar-refractivity contribution in [1.29, 1.82) is 0 Å². The zero-order chi connectivity index (χ0) is 15.5. The van der Waals surface area contributed by atoms with Gasteiger partial charge >= 0.3 is 0 Å². The lowest BCUT2D eigenvalue weighted by molar-refractivity contribution is -0.130. The summed E-state index contributed by atoms with van der Waals surface area (Å²) < 4.78 is 5.04. The Kier molecular flexibility index (Phi) is 12.6. The Balaban J connectivity index is 0.00000441. The number of nitrogens with zero attached hydrogens (tertiary/aromatic N) is 3. The maximum atomic E-state index is 11.3. The second kappa shape index (κ2) is 12.9. The van der Waals surface area contributed by atoms with E-state index in [1.807, 2.05) is 4.90 Å². The Morgan fingerprint density at radius 3 is 2.32 bits per heavy atom. The van der Waals surface area contributed by atoms with E-state index in [9.17, 15) is 4.79 Å². The van der Waals surface area contributed by atoms with Gasteiger partial charge in [0.15, 0.2) is 5.96 Å². The second-order valence-corrected chi connectivity index (χ2v) is 5.28. The van der Waals surface area contributed by atoms with E-state index in [1.54, 1.807) is 14.0 Å². The van der Waals surface area contributed by atoms with Crippen LogP contribution in [0.1, 0.15) is 33.1 Å². The Morgan fingerprint density at radius 2 is 1.77 bits per heavy atom. The Bertz CT molecular complexity index is 332. The van der Waals surface area contributed by atoms with Gasteiger partial charge in [-0.2, -0.15) is 0 Å². The lowest BCUT2D eigenvalue weighted by atomic mass is 10.2. The molecule has 1 aliphatic rings. The smallest absolute Gasteiger partial charge is 0.219 e. The molecule has 0 aromatic heterocycles. The lowest BCUT2D eigenvalue weighted by Gasteiger charge is -2.36. The van der Waals surface area contributed by atoms with Crippen LogP contribution in [0.25, 0.3) is 0 Å². The summed E-state index contributed by atoms with van der Waals surface area (Å²) in [5.41, 5.74) is 0. The van der Waals surface area contributed by atoms with Crippen LogP contribution in [0.15, 0.2) is 4.99 Å². The first kappa shape index (κ1) is 21.4. The van der Waals surface area contributed by atoms with Crippen molar-refractivity contribution in [3.05, 3.63) is 0 Å². The number of methoxy groups -OCH3 is 1. The summed E-state index contributed by atoms with van der Waals surface area (Å²) >= 11 is 0. The maximum Gasteiger partial charge on any atom is 0.219 e. The molecule has 22 heavy (non-hydrogen) atoms. The molecule has 1 rings (SSSR count). The van der Waals surface area contributed by atoms with Gasteiger partial charge in [-0.1, -0.05) is 0 Å². The molecule has 0 atom stereocenters. The monoisotopic (exact) mass is 426 g/mol. The lowest BCUT2D eigenvalue weighted by Crippen LogP contribution is -2.53. The summed E-state index contributed by atoms with van der Waals surface area (Å²) in [6, 6.07) is 0. The van der Waals surface area contributed by atoms with Crippen LogP contribution in [0.5, 0.6) is 0 Å². The molecule has 1 saturated heterocycles. The van der Waals surface area contributed by atoms with E-state index in [2.05, 4.69) is 17.1 Å². The molecule has 1 heterocycles. The molecule has 0 saturated carbocycles. The minimum absolute atomic E-state index is 0. The fraction of sp³-hybridized carbons (Fsp3) is 0.867. The van der Waals surface area contributed by atoms with Crippen molar-refractivity contribution in [2.24, 2.45) is 4.99 Å². The number of hydrogen-bond acceptors (Lipinski definition) is 3. The highest BCUT2D eigenvalue weighted by atomic mass is 127. The number of hydrogen-bond donors (Lipinski definition) is 1. The maximum absolute atomic E-state index is 11.3. The van der Waals surface area contributed by atoms with Crippen LogP contribution in [-0.2, 0) is 9.53 Å². The van der Waals surface area contributed by atoms with Crippen molar-refractivity contribution in [3.8, 4) is 0 Å². The number of piperazine rings is 1. The Hall–Kier alpha value is -0.570. The molecule has 0 spiro atoms. The highest BCUT2D eigenvalue weighted by molar-refractivity contribution is 14.0. The fourth-order valence-electron chi connectivity index (χ4n) is 2.38. The van der Waals surface area contributed by atoms with Crippen molar-refractivity contribution in [3.63, 3.8) is 0 Å². The van der Waals surface area contributed by atoms with E-state index in [-0.39, 0.29) is 29.9 Å². The van der Waals surface area contributed by atoms with Gasteiger partial charge in [-0.3, -0.25) is 9.79 Å². The van der Waals surface area contributed by atoms with Gasteiger partial charge in [0.1, 0.15) is 0 Å². The Labute approximate surface area is 151 Å². The predicted octanol–water partition coefficient (Wildman–Crippen LogP) is 1.55. The summed E-state index contributed by atoms with van der Waals surface area (Å²) in [5, 5.41) is 3.35. The molecule has 1 fully saturated rings. The van der Waals surface area contributed by atoms with Gasteiger partial charge in [0, 0.05) is 59.9 Å². The zero-order valence-corrected chi connectivity index (χ0v) is 16.5. The van der Waals surface area contributed by atoms with Crippen LogP contribution in [0.3, 0.4) is 0 Å². The number of carbonyl (C=O) groups is 1. The molecule has 0 aromatic rings. The summed E-state index contributed by atoms with van der Waals surface area (Å²) in [6.45, 7) is 9.55. The van der Waals surface area contributed by atoms with E-state index in [0.29, 0.717) is 0 Å². The molecule has 0 aromatic carbocycles. The third-order valence-electron chi connectivity index (χ3n) is 3.63. The van der Waals surface area contributed by atoms with Crippen LogP contribution in [0.4, 0.5) is 0 Å². The van der Waals surface area contributed by atoms with Crippen molar-refractivity contribution >= 4 is 35.8 Å². The number of nitrogens with one attached hydrogen (secondary N) is 1. The predicted molar refractivity (Wildman–Crippen MR) is 101 cm³/mol. The Morgan fingerprint density at radius 1 is 1.14 bits per heavy atom. The number of rotatable bonds is 7. The molecule has 0 unspecified atom stereocenters. The van der Waals surface area contributed by atoms with E-state index >= 15 is 0 Å². The second-order valence-electron chi connectivity index (χ2n) is 5.28. The highest BCUT2D eigenvalue weighted by Gasteiger charge is 2.20. The van der Waals surface area contributed by atoms with Gasteiger partial charge in [0.2, 0.25) is 5.91 Å². The van der Waals surface area contributed by atoms with Gasteiger partial charge in [-0.15, -0.1) is 24.0 Å². The van der Waals surface area contributed by atoms with E-state index in [1.165, 1.54) is 0 Å². The average molecular weight is 426 g/mol. The summed E-state index contributed by atoms with van der Waals surface area (Å²) in [5.74, 6) is 1.14. The molecule has 7 heteroatoms. The third kappa shape index (κ3) is 8.17. The number of ether oxygens (including phenoxy) is 1. The fourth-order valence-corrected chi connectivity index (χ4v) is 2.38. The van der Waals surface area contributed by atoms with Gasteiger partial charge in [0.25, 0.3) is 0 Å². The van der Waals surface area contributed by atoms with Crippen LogP contribution in [-0.4, -0.2) is 74.7 Å². The standard InChI is InChI=1S/C15H30N4O2.HI/c1-4-16-15(17-8-6-5-7-13-21-3)19-11-9-18(10-12-19)14(2)20;/h4-13H2,1-3H3,(H,16,17);1H. The SMILES string of the molecule is CCNC(=NCCCCCOC)N1CCN(C(C)=O)CC1.I. The number of unbranched alkanes of at least 4 members (excludes halogenated alkanes) is 2. The first-order valence-corrected chi connectivity index (χ1v) is 7.96. The van der Waals surface area contributed by atoms with Gasteiger partial charge in [0.05, 0.1) is 0 Å². The van der Waals surface area contributed by atoms with Crippen molar-refractivity contribution in [2.45, 2.75) is 33.1 Å². The zero-order valence-electron chi connectivity index (χ0n) is 14.1. The first-order valence-electron chi connectivity index (χ1n) is 7.96. The molecule has 0 bridgehead atoms. The molecule has 1 aliphatic heterocycles. The molecular formula is C15H31IN4O2. The third-order valence-corrected chi connectivity index (χ3v) is 3.63. The molecule has 6 nitrogen and oxygen atoms in total. The number of guanidine groups is 1. The molecular weight excluding hydrogens is 395 g/mol. The van der Waals surface area contributed by atoms with Crippen LogP contribution < -0.4 is 5.32 Å². The number of amides is 1. The summed E-state index contributed by atoms with van der Waals surface area (Å²) in [6.07, 6.45) is 3.33. The summed E-state index contributed by atoms with van der Waals surface area (Å²) in [4.78, 5) is 20.2. The average Bonchev–Trinajstić information content (AvgIpc) is 2.49. The topological polar surface area (TPSA) is 57.2 Å². The normalized spacial score (nSPS) is 15.5. The van der Waals surface area contributed by atoms with E-state index in [4.69, 9.17) is 9.73 Å². The van der Waals surface area contributed by atoms with Gasteiger partial charge < -0.3 is 19.9 Å². The van der Waals surface area contributed by atoms with Crippen molar-refractivity contribution in [1.82, 2.24) is 15.1 Å². The molecule has 130 valence electrons. The van der Waals surface area contributed by atoms with Crippen LogP contribution in [0, 0.1) is 0 Å². The van der Waals surface area contributed by atoms with E-state index in [0.717, 1.165) is 71.1 Å². The number of aliphatic imine (C=N–C) groups is 1. The highest BCUT2D eigenvalue weighted by Crippen LogP contribution is 2.03. The summed E-state index contributed by atoms with van der Waals surface area (Å²) in [7, 11) is 1.74. The molecule has 1 N–H and O–H groups in total. The van der Waals surface area contributed by atoms with Crippen LogP contribution >= 0.6 is 24.0 Å². The molecule has 1 amide bonds. The van der Waals surface area contributed by atoms with Crippen molar-refractivity contribution in [2.75, 3.05) is 53.0 Å². The van der Waals surface area contributed by atoms with Crippen molar-refractivity contribution < 1.29 is 9.53 Å². The first-order chi connectivity index (χ1) is 10.2. The number of halogens is 1. The van der Waals surface area contributed by atoms with Crippen LogP contribution in [0.2, 0.25) is 0 Å². The van der Waals surface area contributed by atoms with Gasteiger partial charge in [-0.05, 0) is 26.2 Å². The van der Waals surface area contributed by atoms with Gasteiger partial charge in [-0.25, -0.2) is 0 Å². The largest absolute Gasteiger partial charge is 0.385 e. The van der Waals surface area contributed by atoms with E-state index < -0.39 is 0 Å². The minimum atomic E-state index is 0. The minimum Gasteiger partial charge on any atom is -0.385 e.